The predicted molar refractivity (Wildman–Crippen MR) is 137 cm³/mol. The van der Waals surface area contributed by atoms with Gasteiger partial charge in [0, 0.05) is 21.5 Å². The average Bonchev–Trinajstić information content (AvgIpc) is 3.18. The molecular weight excluding hydrogens is 410 g/mol. The van der Waals surface area contributed by atoms with Crippen molar-refractivity contribution in [2.24, 2.45) is 0 Å². The van der Waals surface area contributed by atoms with Crippen LogP contribution in [0.15, 0.2) is 91.0 Å². The summed E-state index contributed by atoms with van der Waals surface area (Å²) in [5.41, 5.74) is 7.54. The van der Waals surface area contributed by atoms with Crippen molar-refractivity contribution in [3.63, 3.8) is 0 Å². The van der Waals surface area contributed by atoms with Gasteiger partial charge in [-0.1, -0.05) is 91.5 Å². The molecule has 1 saturated carbocycles. The van der Waals surface area contributed by atoms with Crippen molar-refractivity contribution in [1.29, 1.82) is 0 Å². The molecule has 0 bridgehead atoms. The molecule has 0 radical (unpaired) electrons. The van der Waals surface area contributed by atoms with Crippen molar-refractivity contribution in [3.05, 3.63) is 102 Å². The molecule has 5 aromatic rings. The van der Waals surface area contributed by atoms with E-state index in [1.54, 1.807) is 0 Å². The Kier molecular flexibility index (Phi) is 5.00. The molecule has 158 valence electrons. The quantitative estimate of drug-likeness (QED) is 0.266. The lowest BCUT2D eigenvalue weighted by atomic mass is 9.84. The fourth-order valence-electron chi connectivity index (χ4n) is 5.41. The van der Waals surface area contributed by atoms with Crippen LogP contribution in [0.5, 0.6) is 0 Å². The van der Waals surface area contributed by atoms with Crippen LogP contribution in [0, 0.1) is 0 Å². The van der Waals surface area contributed by atoms with Gasteiger partial charge in [0.25, 0.3) is 0 Å². The minimum absolute atomic E-state index is 0.752. The van der Waals surface area contributed by atoms with Gasteiger partial charge in [-0.15, -0.1) is 0 Å². The molecule has 0 aliphatic heterocycles. The molecule has 1 heterocycles. The zero-order valence-electron chi connectivity index (χ0n) is 18.1. The van der Waals surface area contributed by atoms with E-state index in [2.05, 4.69) is 89.5 Å². The first-order valence-electron chi connectivity index (χ1n) is 11.7. The number of para-hydroxylation sites is 1. The number of benzene rings is 4. The fourth-order valence-corrected chi connectivity index (χ4v) is 5.57. The third-order valence-electron chi connectivity index (χ3n) is 7.08. The summed E-state index contributed by atoms with van der Waals surface area (Å²) in [6.07, 6.45) is 6.84. The maximum absolute atomic E-state index is 6.37. The highest BCUT2D eigenvalue weighted by molar-refractivity contribution is 6.31. The van der Waals surface area contributed by atoms with E-state index in [9.17, 15) is 0 Å². The van der Waals surface area contributed by atoms with E-state index >= 15 is 0 Å². The molecule has 0 unspecified atom stereocenters. The van der Waals surface area contributed by atoms with E-state index in [0.29, 0.717) is 0 Å². The molecule has 1 aromatic heterocycles. The molecule has 1 fully saturated rings. The first-order valence-corrected chi connectivity index (χ1v) is 12.1. The van der Waals surface area contributed by atoms with Gasteiger partial charge < -0.3 is 4.57 Å². The SMILES string of the molecule is Clc1ccc2c3ccccc3n(-c3ccc(-c4ccc(C5CCCCC5)cc4)cc3)c2c1. The minimum atomic E-state index is 0.752. The Labute approximate surface area is 194 Å². The number of fused-ring (bicyclic) bond motifs is 3. The topological polar surface area (TPSA) is 4.93 Å². The van der Waals surface area contributed by atoms with Gasteiger partial charge in [0.1, 0.15) is 0 Å². The molecule has 2 heteroatoms. The molecule has 1 nitrogen and oxygen atoms in total. The Balaban J connectivity index is 1.37. The number of hydrogen-bond acceptors (Lipinski definition) is 0. The van der Waals surface area contributed by atoms with Crippen LogP contribution in [0.3, 0.4) is 0 Å². The summed E-state index contributed by atoms with van der Waals surface area (Å²) in [6.45, 7) is 0. The van der Waals surface area contributed by atoms with Crippen molar-refractivity contribution in [1.82, 2.24) is 4.57 Å². The van der Waals surface area contributed by atoms with Crippen molar-refractivity contribution < 1.29 is 0 Å². The van der Waals surface area contributed by atoms with Gasteiger partial charge in [0.15, 0.2) is 0 Å². The molecule has 0 N–H and O–H groups in total. The van der Waals surface area contributed by atoms with Crippen LogP contribution in [0.1, 0.15) is 43.6 Å². The van der Waals surface area contributed by atoms with Gasteiger partial charge in [0.2, 0.25) is 0 Å². The molecule has 0 amide bonds. The Morgan fingerprint density at radius 1 is 0.625 bits per heavy atom. The monoisotopic (exact) mass is 435 g/mol. The highest BCUT2D eigenvalue weighted by Crippen LogP contribution is 2.35. The summed E-state index contributed by atoms with van der Waals surface area (Å²) in [6, 6.07) is 32.9. The van der Waals surface area contributed by atoms with Crippen LogP contribution in [0.4, 0.5) is 0 Å². The molecular formula is C30H26ClN. The second kappa shape index (κ2) is 8.15. The Morgan fingerprint density at radius 2 is 1.28 bits per heavy atom. The number of hydrogen-bond donors (Lipinski definition) is 0. The number of aromatic nitrogens is 1. The van der Waals surface area contributed by atoms with Gasteiger partial charge in [-0.05, 0) is 65.8 Å². The van der Waals surface area contributed by atoms with E-state index in [1.165, 1.54) is 65.1 Å². The van der Waals surface area contributed by atoms with E-state index in [4.69, 9.17) is 11.6 Å². The number of halogens is 1. The molecule has 1 aliphatic rings. The maximum Gasteiger partial charge on any atom is 0.0555 e. The third-order valence-corrected chi connectivity index (χ3v) is 7.32. The van der Waals surface area contributed by atoms with Crippen molar-refractivity contribution >= 4 is 33.4 Å². The summed E-state index contributed by atoms with van der Waals surface area (Å²) in [5.74, 6) is 0.752. The highest BCUT2D eigenvalue weighted by Gasteiger charge is 2.16. The fraction of sp³-hybridized carbons (Fsp3) is 0.200. The smallest absolute Gasteiger partial charge is 0.0555 e. The zero-order chi connectivity index (χ0) is 21.5. The summed E-state index contributed by atoms with van der Waals surface area (Å²) in [5, 5.41) is 3.24. The van der Waals surface area contributed by atoms with Crippen LogP contribution in [-0.2, 0) is 0 Å². The normalized spacial score (nSPS) is 14.9. The van der Waals surface area contributed by atoms with Crippen LogP contribution < -0.4 is 0 Å². The van der Waals surface area contributed by atoms with Crippen molar-refractivity contribution in [2.45, 2.75) is 38.0 Å². The predicted octanol–water partition coefficient (Wildman–Crippen LogP) is 9.15. The average molecular weight is 436 g/mol. The third kappa shape index (κ3) is 3.42. The van der Waals surface area contributed by atoms with Gasteiger partial charge in [0.05, 0.1) is 11.0 Å². The van der Waals surface area contributed by atoms with E-state index in [0.717, 1.165) is 22.1 Å². The molecule has 6 rings (SSSR count). The van der Waals surface area contributed by atoms with Crippen molar-refractivity contribution in [2.75, 3.05) is 0 Å². The van der Waals surface area contributed by atoms with E-state index < -0.39 is 0 Å². The van der Waals surface area contributed by atoms with Crippen LogP contribution in [0.2, 0.25) is 5.02 Å². The summed E-state index contributed by atoms with van der Waals surface area (Å²) in [7, 11) is 0. The largest absolute Gasteiger partial charge is 0.309 e. The molecule has 32 heavy (non-hydrogen) atoms. The Bertz CT molecular complexity index is 1390. The van der Waals surface area contributed by atoms with Crippen LogP contribution in [0.25, 0.3) is 38.6 Å². The van der Waals surface area contributed by atoms with E-state index in [-0.39, 0.29) is 0 Å². The molecule has 0 saturated heterocycles. The molecule has 1 aliphatic carbocycles. The first kappa shape index (κ1) is 19.6. The molecule has 0 spiro atoms. The standard InChI is InChI=1S/C30H26ClN/c31-25-16-19-28-27-8-4-5-9-29(27)32(30(28)20-25)26-17-14-24(15-18-26)23-12-10-22(11-13-23)21-6-2-1-3-7-21/h4-5,8-21H,1-3,6-7H2. The van der Waals surface area contributed by atoms with Crippen LogP contribution >= 0.6 is 11.6 Å². The lowest BCUT2D eigenvalue weighted by Crippen LogP contribution is -2.04. The summed E-state index contributed by atoms with van der Waals surface area (Å²) >= 11 is 6.37. The Morgan fingerprint density at radius 3 is 2.03 bits per heavy atom. The lowest BCUT2D eigenvalue weighted by Gasteiger charge is -2.22. The summed E-state index contributed by atoms with van der Waals surface area (Å²) in [4.78, 5) is 0. The van der Waals surface area contributed by atoms with E-state index in [1.807, 2.05) is 6.07 Å². The maximum atomic E-state index is 6.37. The first-order chi connectivity index (χ1) is 15.8. The zero-order valence-corrected chi connectivity index (χ0v) is 18.9. The second-order valence-electron chi connectivity index (χ2n) is 9.02. The van der Waals surface area contributed by atoms with Gasteiger partial charge in [-0.3, -0.25) is 0 Å². The lowest BCUT2D eigenvalue weighted by molar-refractivity contribution is 0.443. The molecule has 0 atom stereocenters. The number of rotatable bonds is 3. The van der Waals surface area contributed by atoms with Gasteiger partial charge >= 0.3 is 0 Å². The minimum Gasteiger partial charge on any atom is -0.309 e. The second-order valence-corrected chi connectivity index (χ2v) is 9.45. The van der Waals surface area contributed by atoms with Gasteiger partial charge in [-0.25, -0.2) is 0 Å². The Hall–Kier alpha value is -3.03. The molecule has 4 aromatic carbocycles. The van der Waals surface area contributed by atoms with Crippen LogP contribution in [-0.4, -0.2) is 4.57 Å². The number of nitrogens with zero attached hydrogens (tertiary/aromatic N) is 1. The summed E-state index contributed by atoms with van der Waals surface area (Å²) < 4.78 is 2.31. The highest BCUT2D eigenvalue weighted by atomic mass is 35.5. The van der Waals surface area contributed by atoms with Gasteiger partial charge in [-0.2, -0.15) is 0 Å². The van der Waals surface area contributed by atoms with Crippen molar-refractivity contribution in [3.8, 4) is 16.8 Å².